The van der Waals surface area contributed by atoms with Crippen LogP contribution in [0.15, 0.2) is 54.6 Å². The van der Waals surface area contributed by atoms with Crippen molar-refractivity contribution in [2.75, 3.05) is 6.61 Å². The Balaban J connectivity index is 2.06. The van der Waals surface area contributed by atoms with Gasteiger partial charge in [0.15, 0.2) is 6.61 Å². The monoisotopic (exact) mass is 405 g/mol. The van der Waals surface area contributed by atoms with Crippen molar-refractivity contribution in [2.24, 2.45) is 0 Å². The Morgan fingerprint density at radius 1 is 0.931 bits per heavy atom. The summed E-state index contributed by atoms with van der Waals surface area (Å²) in [6.45, 7) is -2.06. The molecule has 0 aliphatic rings. The van der Waals surface area contributed by atoms with Crippen LogP contribution < -0.4 is 10.1 Å². The first-order chi connectivity index (χ1) is 13.8. The number of ketones is 1. The zero-order valence-electron chi connectivity index (χ0n) is 15.8. The van der Waals surface area contributed by atoms with E-state index in [4.69, 9.17) is 4.74 Å². The van der Waals surface area contributed by atoms with Crippen LogP contribution in [0, 0.1) is 0 Å². The molecule has 1 N–H and O–H groups in total. The van der Waals surface area contributed by atoms with Crippen LogP contribution in [-0.2, 0) is 19.1 Å². The van der Waals surface area contributed by atoms with Gasteiger partial charge in [0, 0.05) is 6.42 Å². The van der Waals surface area contributed by atoms with Crippen LogP contribution in [0.2, 0.25) is 0 Å². The zero-order valence-corrected chi connectivity index (χ0v) is 15.8. The minimum absolute atomic E-state index is 0.00119. The quantitative estimate of drug-likeness (QED) is 0.613. The van der Waals surface area contributed by atoms with Gasteiger partial charge in [-0.25, -0.2) is 0 Å². The lowest BCUT2D eigenvalue weighted by Crippen LogP contribution is -2.33. The normalized spacial score (nSPS) is 11.6. The lowest BCUT2D eigenvalue weighted by Gasteiger charge is -2.20. The summed E-state index contributed by atoms with van der Waals surface area (Å²) < 4.78 is 33.9. The SMILES string of the molecule is CC(=O)CCC(=O)OCC(=O)N[C@@H](c1ccccc1)c1ccc(OC(F)F)cc1. The molecule has 2 aromatic rings. The fourth-order valence-electron chi connectivity index (χ4n) is 2.55. The molecule has 0 aliphatic heterocycles. The first-order valence-electron chi connectivity index (χ1n) is 8.89. The van der Waals surface area contributed by atoms with Gasteiger partial charge < -0.3 is 19.6 Å². The fourth-order valence-corrected chi connectivity index (χ4v) is 2.55. The van der Waals surface area contributed by atoms with E-state index in [9.17, 15) is 23.2 Å². The molecule has 29 heavy (non-hydrogen) atoms. The number of esters is 1. The largest absolute Gasteiger partial charge is 0.456 e. The van der Waals surface area contributed by atoms with Gasteiger partial charge in [-0.1, -0.05) is 42.5 Å². The number of rotatable bonds is 10. The van der Waals surface area contributed by atoms with Gasteiger partial charge in [0.25, 0.3) is 5.91 Å². The number of hydrogen-bond donors (Lipinski definition) is 1. The van der Waals surface area contributed by atoms with Crippen molar-refractivity contribution in [3.05, 3.63) is 65.7 Å². The van der Waals surface area contributed by atoms with Gasteiger partial charge in [0.2, 0.25) is 0 Å². The Kier molecular flexibility index (Phi) is 8.27. The standard InChI is InChI=1S/C21H21F2NO5/c1-14(25)7-12-19(27)28-13-18(26)24-20(15-5-3-2-4-6-15)16-8-10-17(11-9-16)29-21(22)23/h2-6,8-11,20-21H,7,12-13H2,1H3,(H,24,26)/t20-/m0/s1. The van der Waals surface area contributed by atoms with E-state index in [2.05, 4.69) is 10.1 Å². The van der Waals surface area contributed by atoms with Crippen molar-refractivity contribution in [1.29, 1.82) is 0 Å². The molecule has 0 aliphatic carbocycles. The van der Waals surface area contributed by atoms with E-state index >= 15 is 0 Å². The number of hydrogen-bond acceptors (Lipinski definition) is 5. The van der Waals surface area contributed by atoms with E-state index in [0.29, 0.717) is 5.56 Å². The second-order valence-corrected chi connectivity index (χ2v) is 6.22. The highest BCUT2D eigenvalue weighted by molar-refractivity contribution is 5.83. The molecule has 0 bridgehead atoms. The number of carbonyl (C=O) groups excluding carboxylic acids is 3. The van der Waals surface area contributed by atoms with E-state index in [0.717, 1.165) is 5.56 Å². The first kappa shape index (κ1) is 22.0. The topological polar surface area (TPSA) is 81.7 Å². The van der Waals surface area contributed by atoms with Crippen LogP contribution in [0.1, 0.15) is 36.9 Å². The van der Waals surface area contributed by atoms with Crippen molar-refractivity contribution < 1.29 is 32.6 Å². The van der Waals surface area contributed by atoms with Crippen LogP contribution in [0.3, 0.4) is 0 Å². The first-order valence-corrected chi connectivity index (χ1v) is 8.89. The van der Waals surface area contributed by atoms with Crippen molar-refractivity contribution in [3.8, 4) is 5.75 Å². The molecule has 0 heterocycles. The van der Waals surface area contributed by atoms with E-state index in [1.165, 1.54) is 19.1 Å². The molecule has 0 aromatic heterocycles. The maximum Gasteiger partial charge on any atom is 0.387 e. The van der Waals surface area contributed by atoms with E-state index in [1.807, 2.05) is 6.07 Å². The van der Waals surface area contributed by atoms with Crippen molar-refractivity contribution in [1.82, 2.24) is 5.32 Å². The summed E-state index contributed by atoms with van der Waals surface area (Å²) >= 11 is 0. The van der Waals surface area contributed by atoms with Crippen LogP contribution in [0.25, 0.3) is 0 Å². The molecule has 6 nitrogen and oxygen atoms in total. The second kappa shape index (κ2) is 10.9. The third-order valence-corrected chi connectivity index (χ3v) is 3.92. The minimum atomic E-state index is -2.93. The molecule has 0 saturated heterocycles. The van der Waals surface area contributed by atoms with Gasteiger partial charge >= 0.3 is 12.6 Å². The maximum atomic E-state index is 12.3. The molecular formula is C21H21F2NO5. The molecule has 1 amide bonds. The number of carbonyl (C=O) groups is 3. The smallest absolute Gasteiger partial charge is 0.387 e. The molecule has 2 rings (SSSR count). The number of amides is 1. The van der Waals surface area contributed by atoms with E-state index in [1.54, 1.807) is 36.4 Å². The molecule has 154 valence electrons. The summed E-state index contributed by atoms with van der Waals surface area (Å²) in [7, 11) is 0. The predicted molar refractivity (Wildman–Crippen MR) is 100 cm³/mol. The summed E-state index contributed by atoms with van der Waals surface area (Å²) in [5.74, 6) is -1.32. The highest BCUT2D eigenvalue weighted by Gasteiger charge is 2.18. The van der Waals surface area contributed by atoms with Gasteiger partial charge in [-0.2, -0.15) is 8.78 Å². The maximum absolute atomic E-state index is 12.3. The van der Waals surface area contributed by atoms with Crippen molar-refractivity contribution in [3.63, 3.8) is 0 Å². The molecular weight excluding hydrogens is 384 g/mol. The summed E-state index contributed by atoms with van der Waals surface area (Å²) in [4.78, 5) is 34.7. The number of nitrogens with one attached hydrogen (secondary N) is 1. The lowest BCUT2D eigenvalue weighted by molar-refractivity contribution is -0.149. The number of alkyl halides is 2. The molecule has 0 saturated carbocycles. The molecule has 2 aromatic carbocycles. The average molecular weight is 405 g/mol. The van der Waals surface area contributed by atoms with Gasteiger partial charge in [0.05, 0.1) is 12.5 Å². The fraction of sp³-hybridized carbons (Fsp3) is 0.286. The Morgan fingerprint density at radius 2 is 1.55 bits per heavy atom. The van der Waals surface area contributed by atoms with Crippen molar-refractivity contribution >= 4 is 17.7 Å². The number of Topliss-reactive ketones (excluding diaryl/α,β-unsaturated/α-hetero) is 1. The van der Waals surface area contributed by atoms with Crippen molar-refractivity contribution in [2.45, 2.75) is 32.4 Å². The lowest BCUT2D eigenvalue weighted by atomic mass is 9.98. The highest BCUT2D eigenvalue weighted by Crippen LogP contribution is 2.24. The Morgan fingerprint density at radius 3 is 2.14 bits per heavy atom. The van der Waals surface area contributed by atoms with Crippen LogP contribution >= 0.6 is 0 Å². The van der Waals surface area contributed by atoms with E-state index < -0.39 is 31.1 Å². The summed E-state index contributed by atoms with van der Waals surface area (Å²) in [5.41, 5.74) is 1.39. The molecule has 8 heteroatoms. The van der Waals surface area contributed by atoms with Gasteiger partial charge in [-0.05, 0) is 30.2 Å². The molecule has 0 fully saturated rings. The van der Waals surface area contributed by atoms with Crippen LogP contribution in [-0.4, -0.2) is 30.9 Å². The van der Waals surface area contributed by atoms with E-state index in [-0.39, 0.29) is 24.4 Å². The van der Waals surface area contributed by atoms with Crippen LogP contribution in [0.4, 0.5) is 8.78 Å². The minimum Gasteiger partial charge on any atom is -0.456 e. The Bertz CT molecular complexity index is 825. The third-order valence-electron chi connectivity index (χ3n) is 3.92. The summed E-state index contributed by atoms with van der Waals surface area (Å²) in [6.07, 6.45) is -0.0313. The molecule has 0 unspecified atom stereocenters. The second-order valence-electron chi connectivity index (χ2n) is 6.22. The summed E-state index contributed by atoms with van der Waals surface area (Å²) in [5, 5.41) is 2.76. The Labute approximate surface area is 166 Å². The predicted octanol–water partition coefficient (Wildman–Crippen LogP) is 3.41. The molecule has 0 spiro atoms. The highest BCUT2D eigenvalue weighted by atomic mass is 19.3. The number of benzene rings is 2. The van der Waals surface area contributed by atoms with Gasteiger partial charge in [0.1, 0.15) is 11.5 Å². The van der Waals surface area contributed by atoms with Gasteiger partial charge in [-0.3, -0.25) is 9.59 Å². The molecule has 0 radical (unpaired) electrons. The zero-order chi connectivity index (χ0) is 21.2. The number of ether oxygens (including phenoxy) is 2. The van der Waals surface area contributed by atoms with Gasteiger partial charge in [-0.15, -0.1) is 0 Å². The van der Waals surface area contributed by atoms with Crippen LogP contribution in [0.5, 0.6) is 5.75 Å². The summed E-state index contributed by atoms with van der Waals surface area (Å²) in [6, 6.07) is 14.3. The number of halogens is 2. The third kappa shape index (κ3) is 7.69. The Hall–Kier alpha value is -3.29. The average Bonchev–Trinajstić information content (AvgIpc) is 2.70. The molecule has 1 atom stereocenters.